The summed E-state index contributed by atoms with van der Waals surface area (Å²) in [6, 6.07) is 9.02. The van der Waals surface area contributed by atoms with Gasteiger partial charge in [-0.15, -0.1) is 0 Å². The number of halogens is 1. The van der Waals surface area contributed by atoms with Gasteiger partial charge in [0.25, 0.3) is 5.91 Å². The zero-order chi connectivity index (χ0) is 20.7. The number of hydrogen-bond acceptors (Lipinski definition) is 5. The summed E-state index contributed by atoms with van der Waals surface area (Å²) in [4.78, 5) is 17.0. The van der Waals surface area contributed by atoms with Crippen LogP contribution in [0.15, 0.2) is 36.5 Å². The predicted octanol–water partition coefficient (Wildman–Crippen LogP) is 3.85. The van der Waals surface area contributed by atoms with E-state index in [-0.39, 0.29) is 12.5 Å². The van der Waals surface area contributed by atoms with E-state index in [9.17, 15) is 9.90 Å². The van der Waals surface area contributed by atoms with Crippen molar-refractivity contribution in [3.8, 4) is 17.0 Å². The van der Waals surface area contributed by atoms with E-state index in [1.54, 1.807) is 25.3 Å². The third kappa shape index (κ3) is 5.92. The summed E-state index contributed by atoms with van der Waals surface area (Å²) in [5.74, 6) is 0.155. The minimum absolute atomic E-state index is 0.244. The molecule has 1 heterocycles. The van der Waals surface area contributed by atoms with Gasteiger partial charge in [0, 0.05) is 30.4 Å². The third-order valence-electron chi connectivity index (χ3n) is 5.16. The quantitative estimate of drug-likeness (QED) is 0.636. The van der Waals surface area contributed by atoms with Crippen LogP contribution in [-0.2, 0) is 4.74 Å². The van der Waals surface area contributed by atoms with E-state index in [1.807, 2.05) is 12.1 Å². The maximum absolute atomic E-state index is 12.7. The number of aromatic nitrogens is 1. The Balaban J connectivity index is 1.78. The number of aliphatic hydroxyl groups is 1. The van der Waals surface area contributed by atoms with E-state index < -0.39 is 5.60 Å². The molecule has 0 aliphatic heterocycles. The van der Waals surface area contributed by atoms with Crippen molar-refractivity contribution in [2.45, 2.75) is 37.7 Å². The molecule has 29 heavy (non-hydrogen) atoms. The summed E-state index contributed by atoms with van der Waals surface area (Å²) in [5.41, 5.74) is 1.13. The largest absolute Gasteiger partial charge is 0.475 e. The van der Waals surface area contributed by atoms with Crippen LogP contribution in [0.5, 0.6) is 5.88 Å². The van der Waals surface area contributed by atoms with Crippen LogP contribution in [0.25, 0.3) is 11.1 Å². The molecule has 0 bridgehead atoms. The number of carbonyl (C=O) groups is 1. The number of nitrogens with zero attached hydrogens (tertiary/aromatic N) is 1. The molecule has 1 amide bonds. The molecule has 0 unspecified atom stereocenters. The lowest BCUT2D eigenvalue weighted by Crippen LogP contribution is -2.44. The van der Waals surface area contributed by atoms with Crippen molar-refractivity contribution in [3.63, 3.8) is 0 Å². The van der Waals surface area contributed by atoms with Crippen LogP contribution >= 0.6 is 11.6 Å². The van der Waals surface area contributed by atoms with Crippen molar-refractivity contribution >= 4 is 17.5 Å². The Morgan fingerprint density at radius 1 is 1.21 bits per heavy atom. The van der Waals surface area contributed by atoms with Gasteiger partial charge in [0.05, 0.1) is 17.8 Å². The van der Waals surface area contributed by atoms with Gasteiger partial charge >= 0.3 is 0 Å². The highest BCUT2D eigenvalue weighted by atomic mass is 35.5. The van der Waals surface area contributed by atoms with Gasteiger partial charge in [0.1, 0.15) is 6.61 Å². The number of methoxy groups -OCH3 is 1. The first-order chi connectivity index (χ1) is 14.0. The number of rotatable bonds is 8. The summed E-state index contributed by atoms with van der Waals surface area (Å²) in [6.45, 7) is 1.03. The summed E-state index contributed by atoms with van der Waals surface area (Å²) in [6.07, 6.45) is 6.03. The molecule has 1 fully saturated rings. The highest BCUT2D eigenvalue weighted by Gasteiger charge is 2.29. The Kier molecular flexibility index (Phi) is 7.47. The number of hydrogen-bond donors (Lipinski definition) is 2. The minimum Gasteiger partial charge on any atom is -0.475 e. The molecule has 156 valence electrons. The average Bonchev–Trinajstić information content (AvgIpc) is 2.74. The van der Waals surface area contributed by atoms with Crippen LogP contribution in [0.4, 0.5) is 0 Å². The Labute approximate surface area is 176 Å². The molecule has 1 saturated carbocycles. The lowest BCUT2D eigenvalue weighted by Gasteiger charge is -2.32. The fourth-order valence-electron chi connectivity index (χ4n) is 3.48. The first-order valence-corrected chi connectivity index (χ1v) is 10.3. The summed E-state index contributed by atoms with van der Waals surface area (Å²) < 4.78 is 10.8. The molecule has 2 aromatic rings. The van der Waals surface area contributed by atoms with Crippen molar-refractivity contribution in [2.75, 3.05) is 26.9 Å². The van der Waals surface area contributed by atoms with Crippen LogP contribution in [0.2, 0.25) is 5.02 Å². The van der Waals surface area contributed by atoms with E-state index in [2.05, 4.69) is 10.3 Å². The van der Waals surface area contributed by atoms with Gasteiger partial charge < -0.3 is 19.9 Å². The van der Waals surface area contributed by atoms with Gasteiger partial charge in [-0.1, -0.05) is 43.0 Å². The van der Waals surface area contributed by atoms with Gasteiger partial charge in [-0.05, 0) is 36.6 Å². The van der Waals surface area contributed by atoms with Gasteiger partial charge in [-0.2, -0.15) is 0 Å². The van der Waals surface area contributed by atoms with Crippen molar-refractivity contribution in [3.05, 3.63) is 47.1 Å². The molecule has 0 atom stereocenters. The topological polar surface area (TPSA) is 80.7 Å². The van der Waals surface area contributed by atoms with Gasteiger partial charge in [0.15, 0.2) is 0 Å². The van der Waals surface area contributed by atoms with Gasteiger partial charge in [-0.3, -0.25) is 4.79 Å². The Hall–Kier alpha value is -2.15. The summed E-state index contributed by atoms with van der Waals surface area (Å²) in [5, 5.41) is 14.1. The normalized spacial score (nSPS) is 15.7. The average molecular weight is 419 g/mol. The molecular formula is C22H27ClN2O4. The van der Waals surface area contributed by atoms with Crippen molar-refractivity contribution in [2.24, 2.45) is 0 Å². The molecule has 1 aliphatic rings. The molecule has 7 heteroatoms. The van der Waals surface area contributed by atoms with E-state index in [4.69, 9.17) is 21.1 Å². The number of benzene rings is 1. The zero-order valence-corrected chi connectivity index (χ0v) is 17.4. The van der Waals surface area contributed by atoms with E-state index in [0.717, 1.165) is 24.8 Å². The maximum atomic E-state index is 12.7. The fourth-order valence-corrected chi connectivity index (χ4v) is 3.61. The molecule has 1 aromatic carbocycles. The number of ether oxygens (including phenoxy) is 2. The van der Waals surface area contributed by atoms with Gasteiger partial charge in [-0.25, -0.2) is 4.98 Å². The summed E-state index contributed by atoms with van der Waals surface area (Å²) >= 11 is 6.00. The third-order valence-corrected chi connectivity index (χ3v) is 5.41. The molecule has 2 N–H and O–H groups in total. The summed E-state index contributed by atoms with van der Waals surface area (Å²) in [7, 11) is 1.60. The first kappa shape index (κ1) is 21.6. The second kappa shape index (κ2) is 10.1. The Bertz CT molecular complexity index is 820. The van der Waals surface area contributed by atoms with Crippen molar-refractivity contribution in [1.29, 1.82) is 0 Å². The van der Waals surface area contributed by atoms with E-state index in [0.29, 0.717) is 48.1 Å². The lowest BCUT2D eigenvalue weighted by atomic mass is 9.85. The fraction of sp³-hybridized carbons (Fsp3) is 0.455. The van der Waals surface area contributed by atoms with Crippen LogP contribution in [0.3, 0.4) is 0 Å². The Morgan fingerprint density at radius 3 is 2.62 bits per heavy atom. The van der Waals surface area contributed by atoms with E-state index >= 15 is 0 Å². The SMILES string of the molecule is COCCOc1ncc(C(=O)NCC2(O)CCCCC2)cc1-c1ccc(Cl)cc1. The van der Waals surface area contributed by atoms with Crippen molar-refractivity contribution in [1.82, 2.24) is 10.3 Å². The molecule has 0 spiro atoms. The second-order valence-electron chi connectivity index (χ2n) is 7.39. The maximum Gasteiger partial charge on any atom is 0.252 e. The number of pyridine rings is 1. The van der Waals surface area contributed by atoms with Crippen LogP contribution in [-0.4, -0.2) is 48.5 Å². The molecule has 3 rings (SSSR count). The number of nitrogens with one attached hydrogen (secondary N) is 1. The highest BCUT2D eigenvalue weighted by Crippen LogP contribution is 2.30. The minimum atomic E-state index is -0.816. The van der Waals surface area contributed by atoms with E-state index in [1.165, 1.54) is 6.20 Å². The van der Waals surface area contributed by atoms with Crippen molar-refractivity contribution < 1.29 is 19.4 Å². The monoisotopic (exact) mass is 418 g/mol. The molecule has 0 radical (unpaired) electrons. The Morgan fingerprint density at radius 2 is 1.93 bits per heavy atom. The molecule has 0 saturated heterocycles. The lowest BCUT2D eigenvalue weighted by molar-refractivity contribution is 0.00525. The molecule has 1 aliphatic carbocycles. The van der Waals surface area contributed by atoms with Crippen LogP contribution < -0.4 is 10.1 Å². The molecule has 1 aromatic heterocycles. The standard InChI is InChI=1S/C22H27ClN2O4/c1-28-11-12-29-21-19(16-5-7-18(23)8-6-16)13-17(14-24-21)20(26)25-15-22(27)9-3-2-4-10-22/h5-8,13-14,27H,2-4,9-12,15H2,1H3,(H,25,26). The number of carbonyl (C=O) groups excluding carboxylic acids is 1. The first-order valence-electron chi connectivity index (χ1n) is 9.89. The number of amides is 1. The zero-order valence-electron chi connectivity index (χ0n) is 16.6. The van der Waals surface area contributed by atoms with Crippen LogP contribution in [0.1, 0.15) is 42.5 Å². The smallest absolute Gasteiger partial charge is 0.252 e. The molecule has 6 nitrogen and oxygen atoms in total. The second-order valence-corrected chi connectivity index (χ2v) is 7.83. The van der Waals surface area contributed by atoms with Crippen LogP contribution in [0, 0.1) is 0 Å². The highest BCUT2D eigenvalue weighted by molar-refractivity contribution is 6.30. The predicted molar refractivity (Wildman–Crippen MR) is 112 cm³/mol. The van der Waals surface area contributed by atoms with Gasteiger partial charge in [0.2, 0.25) is 5.88 Å². The molecular weight excluding hydrogens is 392 g/mol.